The number of para-hydroxylation sites is 6. The number of rotatable bonds is 6. The molecular weight excluding hydrogens is 799 g/mol. The van der Waals surface area contributed by atoms with E-state index in [1.54, 1.807) is 0 Å². The fourth-order valence-corrected chi connectivity index (χ4v) is 9.86. The predicted molar refractivity (Wildman–Crippen MR) is 265 cm³/mol. The molecule has 8 aromatic carbocycles. The average molecular weight is 836 g/mol. The van der Waals surface area contributed by atoms with Gasteiger partial charge in [-0.05, 0) is 49.4 Å². The quantitative estimate of drug-likeness (QED) is 0.167. The Hall–Kier alpha value is -8.81. The third kappa shape index (κ3) is 5.52. The third-order valence-electron chi connectivity index (χ3n) is 12.7. The topological polar surface area (TPSA) is 74.8 Å². The predicted octanol–water partition coefficient (Wildman–Crippen LogP) is 13.2. The van der Waals surface area contributed by atoms with E-state index in [2.05, 4.69) is 137 Å². The Kier molecular flexibility index (Phi) is 8.14. The van der Waals surface area contributed by atoms with Gasteiger partial charge in [-0.2, -0.15) is 0 Å². The maximum Gasteiger partial charge on any atom is 0.167 e. The van der Waals surface area contributed by atoms with Crippen LogP contribution in [0.4, 0.5) is 0 Å². The fourth-order valence-electron chi connectivity index (χ4n) is 9.86. The summed E-state index contributed by atoms with van der Waals surface area (Å²) in [7, 11) is 0. The second kappa shape index (κ2) is 14.4. The molecule has 0 aliphatic heterocycles. The largest absolute Gasteiger partial charge is 0.455 e. The Bertz CT molecular complexity index is 4210. The van der Waals surface area contributed by atoms with Crippen LogP contribution in [-0.2, 0) is 0 Å². The lowest BCUT2D eigenvalue weighted by Gasteiger charge is -2.12. The number of furan rings is 2. The van der Waals surface area contributed by atoms with Crippen LogP contribution in [0.25, 0.3) is 122 Å². The van der Waals surface area contributed by atoms with Crippen LogP contribution in [0, 0.1) is 0 Å². The van der Waals surface area contributed by atoms with Gasteiger partial charge in [0.15, 0.2) is 23.1 Å². The molecule has 5 aromatic heterocycles. The third-order valence-corrected chi connectivity index (χ3v) is 12.7. The van der Waals surface area contributed by atoms with Crippen molar-refractivity contribution >= 4 is 88.2 Å². The zero-order chi connectivity index (χ0) is 43.2. The molecular formula is C58H37N5O2. The van der Waals surface area contributed by atoms with Crippen LogP contribution < -0.4 is 10.6 Å². The summed E-state index contributed by atoms with van der Waals surface area (Å²) < 4.78 is 18.5. The second-order valence-corrected chi connectivity index (χ2v) is 16.4. The Balaban J connectivity index is 1.12. The normalized spacial score (nSPS) is 12.8. The van der Waals surface area contributed by atoms with Gasteiger partial charge in [0.25, 0.3) is 0 Å². The van der Waals surface area contributed by atoms with Crippen molar-refractivity contribution in [2.45, 2.75) is 6.92 Å². The summed E-state index contributed by atoms with van der Waals surface area (Å²) in [6, 6.07) is 63.1. The van der Waals surface area contributed by atoms with Gasteiger partial charge in [-0.25, -0.2) is 15.0 Å². The van der Waals surface area contributed by atoms with Crippen LogP contribution in [-0.4, -0.2) is 24.1 Å². The molecule has 0 aliphatic carbocycles. The van der Waals surface area contributed by atoms with Gasteiger partial charge in [0.05, 0.1) is 33.3 Å². The monoisotopic (exact) mass is 835 g/mol. The molecule has 0 aliphatic rings. The summed E-state index contributed by atoms with van der Waals surface area (Å²) in [5.74, 6) is 1.55. The molecule has 13 aromatic rings. The molecule has 306 valence electrons. The van der Waals surface area contributed by atoms with Gasteiger partial charge < -0.3 is 18.0 Å². The lowest BCUT2D eigenvalue weighted by Crippen LogP contribution is -2.23. The number of nitrogens with zero attached hydrogens (tertiary/aromatic N) is 5. The van der Waals surface area contributed by atoms with Crippen molar-refractivity contribution in [2.24, 2.45) is 0 Å². The first-order valence-corrected chi connectivity index (χ1v) is 21.7. The summed E-state index contributed by atoms with van der Waals surface area (Å²) in [6.07, 6.45) is 3.83. The Morgan fingerprint density at radius 1 is 0.492 bits per heavy atom. The summed E-state index contributed by atoms with van der Waals surface area (Å²) in [6.45, 7) is 6.18. The number of fused-ring (bicyclic) bond motifs is 11. The molecule has 0 N–H and O–H groups in total. The van der Waals surface area contributed by atoms with Gasteiger partial charge in [0.1, 0.15) is 16.6 Å². The molecule has 5 heterocycles. The minimum absolute atomic E-state index is 0.493. The molecule has 0 unspecified atom stereocenters. The Labute approximate surface area is 371 Å². The van der Waals surface area contributed by atoms with Crippen LogP contribution in [0.15, 0.2) is 203 Å². The van der Waals surface area contributed by atoms with E-state index in [4.69, 9.17) is 23.8 Å². The van der Waals surface area contributed by atoms with Crippen LogP contribution in [0.5, 0.6) is 0 Å². The van der Waals surface area contributed by atoms with Crippen molar-refractivity contribution in [3.63, 3.8) is 0 Å². The molecule has 7 nitrogen and oxygen atoms in total. The number of aromatic nitrogens is 5. The first-order valence-electron chi connectivity index (χ1n) is 21.7. The maximum absolute atomic E-state index is 7.25. The molecule has 0 atom stereocenters. The number of hydrogen-bond acceptors (Lipinski definition) is 5. The summed E-state index contributed by atoms with van der Waals surface area (Å²) in [4.78, 5) is 15.5. The van der Waals surface area contributed by atoms with E-state index in [0.717, 1.165) is 99.0 Å². The van der Waals surface area contributed by atoms with Gasteiger partial charge in [0, 0.05) is 59.7 Å². The molecule has 7 heteroatoms. The van der Waals surface area contributed by atoms with E-state index in [1.165, 1.54) is 10.8 Å². The van der Waals surface area contributed by atoms with Crippen LogP contribution in [0.3, 0.4) is 0 Å². The van der Waals surface area contributed by atoms with E-state index >= 15 is 0 Å². The molecule has 0 bridgehead atoms. The Morgan fingerprint density at radius 2 is 1.09 bits per heavy atom. The van der Waals surface area contributed by atoms with Gasteiger partial charge in [-0.3, -0.25) is 0 Å². The average Bonchev–Trinajstić information content (AvgIpc) is 4.12. The molecule has 0 fully saturated rings. The molecule has 65 heavy (non-hydrogen) atoms. The molecule has 0 saturated carbocycles. The molecule has 0 spiro atoms. The highest BCUT2D eigenvalue weighted by Gasteiger charge is 2.24. The summed E-state index contributed by atoms with van der Waals surface area (Å²) in [5, 5.41) is 8.56. The lowest BCUT2D eigenvalue weighted by molar-refractivity contribution is 0.570. The van der Waals surface area contributed by atoms with Crippen molar-refractivity contribution in [3.8, 4) is 34.2 Å². The van der Waals surface area contributed by atoms with Crippen molar-refractivity contribution in [2.75, 3.05) is 0 Å². The first kappa shape index (κ1) is 36.8. The van der Waals surface area contributed by atoms with Gasteiger partial charge in [-0.1, -0.05) is 158 Å². The zero-order valence-electron chi connectivity index (χ0n) is 35.2. The van der Waals surface area contributed by atoms with Crippen LogP contribution >= 0.6 is 0 Å². The lowest BCUT2D eigenvalue weighted by atomic mass is 10.1. The minimum Gasteiger partial charge on any atom is -0.455 e. The Morgan fingerprint density at radius 3 is 1.85 bits per heavy atom. The standard InChI is InChI=1S/C58H37N5O2/c1-3-18-43-45-27-17-31-49(63-48-30-14-11-24-39(48)42-34-33-41-38-23-10-13-29-47(38)62(51(41)52(42)63)37-21-8-5-9-22-37)55(45)65-53(43)35(2)56-59-57(36-19-6-4-7-20-36)61-58(60-56)46-28-16-26-44-40-25-12-15-32-50(40)64-54(44)46/h3-34H,1H2,2H3/b43-18-,53-35-. The van der Waals surface area contributed by atoms with E-state index in [-0.39, 0.29) is 0 Å². The number of hydrogen-bond donors (Lipinski definition) is 0. The van der Waals surface area contributed by atoms with Crippen LogP contribution in [0.2, 0.25) is 0 Å². The minimum atomic E-state index is 0.493. The maximum atomic E-state index is 7.25. The van der Waals surface area contributed by atoms with Crippen molar-refractivity contribution < 1.29 is 8.83 Å². The van der Waals surface area contributed by atoms with Gasteiger partial charge >= 0.3 is 0 Å². The molecule has 0 saturated heterocycles. The highest BCUT2D eigenvalue weighted by Crippen LogP contribution is 2.42. The molecule has 0 amide bonds. The van der Waals surface area contributed by atoms with Crippen molar-refractivity contribution in [1.82, 2.24) is 24.1 Å². The highest BCUT2D eigenvalue weighted by atomic mass is 16.3. The first-order chi connectivity index (χ1) is 32.1. The number of allylic oxidation sites excluding steroid dienone is 1. The van der Waals surface area contributed by atoms with Gasteiger partial charge in [0.2, 0.25) is 0 Å². The summed E-state index contributed by atoms with van der Waals surface area (Å²) >= 11 is 0. The van der Waals surface area contributed by atoms with E-state index in [0.29, 0.717) is 22.9 Å². The smallest absolute Gasteiger partial charge is 0.167 e. The fraction of sp³-hybridized carbons (Fsp3) is 0.0172. The van der Waals surface area contributed by atoms with Crippen molar-refractivity contribution in [1.29, 1.82) is 0 Å². The van der Waals surface area contributed by atoms with Gasteiger partial charge in [-0.15, -0.1) is 0 Å². The van der Waals surface area contributed by atoms with E-state index < -0.39 is 0 Å². The zero-order valence-corrected chi connectivity index (χ0v) is 35.2. The van der Waals surface area contributed by atoms with Crippen LogP contribution in [0.1, 0.15) is 12.7 Å². The van der Waals surface area contributed by atoms with Crippen molar-refractivity contribution in [3.05, 3.63) is 211 Å². The van der Waals surface area contributed by atoms with E-state index in [9.17, 15) is 0 Å². The second-order valence-electron chi connectivity index (χ2n) is 16.4. The number of benzene rings is 8. The summed E-state index contributed by atoms with van der Waals surface area (Å²) in [5.41, 5.74) is 11.8. The highest BCUT2D eigenvalue weighted by molar-refractivity contribution is 6.24. The molecule has 13 rings (SSSR count). The molecule has 0 radical (unpaired) electrons. The SMILES string of the molecule is C=C/C=c1\c(=C(/C)c2nc(-c3ccccc3)nc(-c3cccc4c3oc3ccccc34)n2)oc2c(-n3c4ccccc4c4ccc5c6ccccc6n(-c6ccccc6)c5c43)cccc12. The van der Waals surface area contributed by atoms with E-state index in [1.807, 2.05) is 79.7 Å².